The highest BCUT2D eigenvalue weighted by Crippen LogP contribution is 2.33. The average molecular weight is 284 g/mol. The molecule has 0 saturated carbocycles. The third-order valence-electron chi connectivity index (χ3n) is 1.91. The Hall–Kier alpha value is -0.590. The van der Waals surface area contributed by atoms with E-state index in [1.54, 1.807) is 0 Å². The Balaban J connectivity index is 3.17. The second-order valence-electron chi connectivity index (χ2n) is 2.99. The number of halogens is 4. The Morgan fingerprint density at radius 2 is 2.00 bits per heavy atom. The molecule has 1 aromatic rings. The molecule has 84 valence electrons. The van der Waals surface area contributed by atoms with Gasteiger partial charge in [0.1, 0.15) is 0 Å². The molecule has 1 atom stereocenters. The summed E-state index contributed by atoms with van der Waals surface area (Å²) in [6, 6.07) is 3.08. The summed E-state index contributed by atoms with van der Waals surface area (Å²) in [4.78, 5) is 0. The SMILES string of the molecule is NC[C@@H](O)c1cc(C(F)(F)F)ccc1Br. The average Bonchev–Trinajstić information content (AvgIpc) is 2.15. The van der Waals surface area contributed by atoms with Gasteiger partial charge in [-0.3, -0.25) is 0 Å². The highest BCUT2D eigenvalue weighted by molar-refractivity contribution is 9.10. The quantitative estimate of drug-likeness (QED) is 0.876. The maximum absolute atomic E-state index is 12.3. The number of alkyl halides is 3. The predicted octanol–water partition coefficient (Wildman–Crippen LogP) is 2.46. The van der Waals surface area contributed by atoms with Gasteiger partial charge in [-0.25, -0.2) is 0 Å². The lowest BCUT2D eigenvalue weighted by Gasteiger charge is -2.13. The van der Waals surface area contributed by atoms with E-state index in [9.17, 15) is 18.3 Å². The lowest BCUT2D eigenvalue weighted by atomic mass is 10.1. The van der Waals surface area contributed by atoms with Crippen molar-refractivity contribution in [2.45, 2.75) is 12.3 Å². The van der Waals surface area contributed by atoms with Gasteiger partial charge in [0.05, 0.1) is 11.7 Å². The molecular formula is C9H9BrF3NO. The van der Waals surface area contributed by atoms with Gasteiger partial charge in [0.2, 0.25) is 0 Å². The fraction of sp³-hybridized carbons (Fsp3) is 0.333. The Labute approximate surface area is 93.0 Å². The number of hydrogen-bond acceptors (Lipinski definition) is 2. The molecule has 2 nitrogen and oxygen atoms in total. The van der Waals surface area contributed by atoms with Crippen molar-refractivity contribution >= 4 is 15.9 Å². The molecule has 0 spiro atoms. The van der Waals surface area contributed by atoms with Gasteiger partial charge in [-0.05, 0) is 23.8 Å². The van der Waals surface area contributed by atoms with Crippen molar-refractivity contribution in [2.24, 2.45) is 5.73 Å². The summed E-state index contributed by atoms with van der Waals surface area (Å²) in [5.74, 6) is 0. The molecule has 0 aliphatic rings. The zero-order chi connectivity index (χ0) is 11.6. The molecule has 0 radical (unpaired) electrons. The standard InChI is InChI=1S/C9H9BrF3NO/c10-7-2-1-5(9(11,12)13)3-6(7)8(15)4-14/h1-3,8,15H,4,14H2/t8-/m1/s1. The summed E-state index contributed by atoms with van der Waals surface area (Å²) in [5.41, 5.74) is 4.53. The van der Waals surface area contributed by atoms with Gasteiger partial charge in [0, 0.05) is 11.0 Å². The van der Waals surface area contributed by atoms with Crippen molar-refractivity contribution < 1.29 is 18.3 Å². The first kappa shape index (κ1) is 12.5. The molecule has 1 aromatic carbocycles. The van der Waals surface area contributed by atoms with E-state index in [1.165, 1.54) is 6.07 Å². The molecule has 0 amide bonds. The molecule has 0 aliphatic carbocycles. The summed E-state index contributed by atoms with van der Waals surface area (Å²) in [5, 5.41) is 9.38. The predicted molar refractivity (Wildman–Crippen MR) is 53.2 cm³/mol. The summed E-state index contributed by atoms with van der Waals surface area (Å²) >= 11 is 3.06. The van der Waals surface area contributed by atoms with Crippen molar-refractivity contribution in [1.82, 2.24) is 0 Å². The van der Waals surface area contributed by atoms with Gasteiger partial charge < -0.3 is 10.8 Å². The first-order chi connectivity index (χ1) is 6.86. The van der Waals surface area contributed by atoms with Gasteiger partial charge in [0.15, 0.2) is 0 Å². The van der Waals surface area contributed by atoms with E-state index < -0.39 is 17.8 Å². The van der Waals surface area contributed by atoms with E-state index in [-0.39, 0.29) is 12.1 Å². The molecule has 0 fully saturated rings. The van der Waals surface area contributed by atoms with E-state index in [4.69, 9.17) is 5.73 Å². The summed E-state index contributed by atoms with van der Waals surface area (Å²) in [7, 11) is 0. The molecule has 6 heteroatoms. The third kappa shape index (κ3) is 2.93. The molecule has 0 aliphatic heterocycles. The largest absolute Gasteiger partial charge is 0.416 e. The fourth-order valence-corrected chi connectivity index (χ4v) is 1.61. The van der Waals surface area contributed by atoms with Crippen LogP contribution in [0.5, 0.6) is 0 Å². The van der Waals surface area contributed by atoms with Crippen LogP contribution in [0.2, 0.25) is 0 Å². The Morgan fingerprint density at radius 1 is 1.40 bits per heavy atom. The maximum atomic E-state index is 12.3. The van der Waals surface area contributed by atoms with Gasteiger partial charge in [-0.15, -0.1) is 0 Å². The van der Waals surface area contributed by atoms with E-state index >= 15 is 0 Å². The zero-order valence-electron chi connectivity index (χ0n) is 7.55. The van der Waals surface area contributed by atoms with Crippen molar-refractivity contribution in [3.63, 3.8) is 0 Å². The normalized spacial score (nSPS) is 14.0. The van der Waals surface area contributed by atoms with Crippen LogP contribution in [0.3, 0.4) is 0 Å². The second-order valence-corrected chi connectivity index (χ2v) is 3.84. The van der Waals surface area contributed by atoms with E-state index in [0.717, 1.165) is 12.1 Å². The number of hydrogen-bond donors (Lipinski definition) is 2. The molecule has 3 N–H and O–H groups in total. The van der Waals surface area contributed by atoms with Crippen LogP contribution in [0, 0.1) is 0 Å². The highest BCUT2D eigenvalue weighted by atomic mass is 79.9. The molecule has 0 aromatic heterocycles. The van der Waals surface area contributed by atoms with Crippen LogP contribution in [0.1, 0.15) is 17.2 Å². The van der Waals surface area contributed by atoms with E-state index in [0.29, 0.717) is 4.47 Å². The van der Waals surface area contributed by atoms with Crippen LogP contribution in [-0.2, 0) is 6.18 Å². The molecule has 0 bridgehead atoms. The molecule has 0 heterocycles. The van der Waals surface area contributed by atoms with Gasteiger partial charge in [-0.2, -0.15) is 13.2 Å². The van der Waals surface area contributed by atoms with Crippen LogP contribution in [0.4, 0.5) is 13.2 Å². The minimum Gasteiger partial charge on any atom is -0.387 e. The number of benzene rings is 1. The van der Waals surface area contributed by atoms with Crippen LogP contribution >= 0.6 is 15.9 Å². The second kappa shape index (κ2) is 4.51. The first-order valence-electron chi connectivity index (χ1n) is 4.11. The van der Waals surface area contributed by atoms with E-state index in [1.807, 2.05) is 0 Å². The van der Waals surface area contributed by atoms with Gasteiger partial charge in [-0.1, -0.05) is 15.9 Å². The van der Waals surface area contributed by atoms with Crippen LogP contribution in [-0.4, -0.2) is 11.7 Å². The highest BCUT2D eigenvalue weighted by Gasteiger charge is 2.31. The van der Waals surface area contributed by atoms with Crippen molar-refractivity contribution in [3.05, 3.63) is 33.8 Å². The minimum atomic E-state index is -4.41. The topological polar surface area (TPSA) is 46.2 Å². The molecule has 0 saturated heterocycles. The summed E-state index contributed by atoms with van der Waals surface area (Å²) in [6.07, 6.45) is -5.51. The number of nitrogens with two attached hydrogens (primary N) is 1. The first-order valence-corrected chi connectivity index (χ1v) is 4.90. The van der Waals surface area contributed by atoms with Crippen molar-refractivity contribution in [2.75, 3.05) is 6.54 Å². The Kier molecular flexibility index (Phi) is 3.75. The van der Waals surface area contributed by atoms with E-state index in [2.05, 4.69) is 15.9 Å². The van der Waals surface area contributed by atoms with Crippen molar-refractivity contribution in [1.29, 1.82) is 0 Å². The zero-order valence-corrected chi connectivity index (χ0v) is 9.14. The lowest BCUT2D eigenvalue weighted by molar-refractivity contribution is -0.137. The van der Waals surface area contributed by atoms with Gasteiger partial charge in [0.25, 0.3) is 0 Å². The third-order valence-corrected chi connectivity index (χ3v) is 2.63. The summed E-state index contributed by atoms with van der Waals surface area (Å²) in [6.45, 7) is -0.125. The number of aliphatic hydroxyl groups excluding tert-OH is 1. The fourth-order valence-electron chi connectivity index (χ4n) is 1.10. The summed E-state index contributed by atoms with van der Waals surface area (Å²) < 4.78 is 37.4. The lowest BCUT2D eigenvalue weighted by Crippen LogP contribution is -2.14. The monoisotopic (exact) mass is 283 g/mol. The van der Waals surface area contributed by atoms with Crippen molar-refractivity contribution in [3.8, 4) is 0 Å². The Bertz CT molecular complexity index is 354. The molecule has 0 unspecified atom stereocenters. The van der Waals surface area contributed by atoms with Gasteiger partial charge >= 0.3 is 6.18 Å². The number of rotatable bonds is 2. The minimum absolute atomic E-state index is 0.125. The van der Waals surface area contributed by atoms with Crippen LogP contribution in [0.25, 0.3) is 0 Å². The van der Waals surface area contributed by atoms with Crippen LogP contribution in [0.15, 0.2) is 22.7 Å². The smallest absolute Gasteiger partial charge is 0.387 e. The molecule has 15 heavy (non-hydrogen) atoms. The maximum Gasteiger partial charge on any atom is 0.416 e. The van der Waals surface area contributed by atoms with Crippen LogP contribution < -0.4 is 5.73 Å². The Morgan fingerprint density at radius 3 is 2.47 bits per heavy atom. The molecule has 1 rings (SSSR count). The molecular weight excluding hydrogens is 275 g/mol. The number of aliphatic hydroxyl groups is 1.